The van der Waals surface area contributed by atoms with Crippen LogP contribution in [0.4, 0.5) is 0 Å². The summed E-state index contributed by atoms with van der Waals surface area (Å²) in [6.45, 7) is 6.42. The Kier molecular flexibility index (Phi) is 46.5. The molecule has 0 saturated heterocycles. The number of rotatable bonds is 44. The standard InChI is InChI=1S/C55H92O6/c1-4-7-10-13-16-19-22-25-26-27-28-31-33-36-39-42-45-48-54(57)60-51-52(61-55(58)49-46-43-40-37-34-30-24-21-18-15-12-9-6-3)50-59-53(56)47-44-41-38-35-32-29-23-20-17-14-11-8-5-2/h7,10,16,19-21,23-26,28,31,36,39,52H,4-6,8-9,11-15,17-18,22,27,29-30,32-35,37-38,40-51H2,1-3H3/b10-7+,19-16+,23-20+,24-21+,26-25+,31-28+,39-36+/t52-/m1/s1. The molecule has 0 N–H and O–H groups in total. The lowest BCUT2D eigenvalue weighted by atomic mass is 10.1. The number of ether oxygens (including phenoxy) is 3. The second-order valence-corrected chi connectivity index (χ2v) is 16.3. The van der Waals surface area contributed by atoms with E-state index in [1.54, 1.807) is 0 Å². The van der Waals surface area contributed by atoms with Crippen molar-refractivity contribution >= 4 is 17.9 Å². The molecule has 0 aliphatic rings. The first kappa shape index (κ1) is 57.6. The number of carbonyl (C=O) groups excluding carboxylic acids is 3. The summed E-state index contributed by atoms with van der Waals surface area (Å²) in [6, 6.07) is 0. The summed E-state index contributed by atoms with van der Waals surface area (Å²) in [6.07, 6.45) is 62.8. The molecule has 348 valence electrons. The van der Waals surface area contributed by atoms with Crippen LogP contribution in [0.1, 0.15) is 226 Å². The van der Waals surface area contributed by atoms with Crippen molar-refractivity contribution in [3.8, 4) is 0 Å². The Balaban J connectivity index is 4.50. The van der Waals surface area contributed by atoms with Crippen molar-refractivity contribution in [1.29, 1.82) is 0 Å². The summed E-state index contributed by atoms with van der Waals surface area (Å²) in [5, 5.41) is 0. The van der Waals surface area contributed by atoms with Crippen LogP contribution in [0.5, 0.6) is 0 Å². The topological polar surface area (TPSA) is 78.9 Å². The van der Waals surface area contributed by atoms with Gasteiger partial charge in [-0.15, -0.1) is 0 Å². The number of hydrogen-bond acceptors (Lipinski definition) is 6. The summed E-state index contributed by atoms with van der Waals surface area (Å²) in [5.41, 5.74) is 0. The summed E-state index contributed by atoms with van der Waals surface area (Å²) >= 11 is 0. The summed E-state index contributed by atoms with van der Waals surface area (Å²) < 4.78 is 16.7. The minimum Gasteiger partial charge on any atom is -0.462 e. The molecule has 1 atom stereocenters. The molecule has 0 heterocycles. The molecule has 0 aromatic carbocycles. The Morgan fingerprint density at radius 3 is 1.08 bits per heavy atom. The first-order chi connectivity index (χ1) is 30.0. The Morgan fingerprint density at radius 1 is 0.344 bits per heavy atom. The third-order valence-corrected chi connectivity index (χ3v) is 10.4. The Hall–Kier alpha value is -3.41. The smallest absolute Gasteiger partial charge is 0.306 e. The predicted molar refractivity (Wildman–Crippen MR) is 261 cm³/mol. The molecule has 0 unspecified atom stereocenters. The first-order valence-corrected chi connectivity index (χ1v) is 25.1. The average molecular weight is 849 g/mol. The summed E-state index contributed by atoms with van der Waals surface area (Å²) in [5.74, 6) is -0.983. The zero-order valence-electron chi connectivity index (χ0n) is 39.7. The van der Waals surface area contributed by atoms with Gasteiger partial charge in [-0.1, -0.05) is 183 Å². The minimum atomic E-state index is -0.806. The predicted octanol–water partition coefficient (Wildman–Crippen LogP) is 16.4. The Labute approximate surface area is 375 Å². The van der Waals surface area contributed by atoms with Gasteiger partial charge in [0.25, 0.3) is 0 Å². The average Bonchev–Trinajstić information content (AvgIpc) is 3.26. The van der Waals surface area contributed by atoms with Crippen LogP contribution >= 0.6 is 0 Å². The van der Waals surface area contributed by atoms with E-state index in [9.17, 15) is 14.4 Å². The van der Waals surface area contributed by atoms with Gasteiger partial charge in [-0.2, -0.15) is 0 Å². The molecule has 0 aliphatic carbocycles. The Bertz CT molecular complexity index is 1200. The fourth-order valence-electron chi connectivity index (χ4n) is 6.58. The normalized spacial score (nSPS) is 12.8. The van der Waals surface area contributed by atoms with Gasteiger partial charge in [0, 0.05) is 19.3 Å². The molecular formula is C55H92O6. The maximum Gasteiger partial charge on any atom is 0.306 e. The highest BCUT2D eigenvalue weighted by Gasteiger charge is 2.19. The van der Waals surface area contributed by atoms with Crippen molar-refractivity contribution in [2.75, 3.05) is 13.2 Å². The van der Waals surface area contributed by atoms with E-state index in [2.05, 4.69) is 106 Å². The van der Waals surface area contributed by atoms with Gasteiger partial charge in [0.15, 0.2) is 6.10 Å². The highest BCUT2D eigenvalue weighted by atomic mass is 16.6. The van der Waals surface area contributed by atoms with Crippen molar-refractivity contribution < 1.29 is 28.6 Å². The molecule has 0 aromatic heterocycles. The molecule has 0 saturated carbocycles. The van der Waals surface area contributed by atoms with E-state index in [0.717, 1.165) is 103 Å². The second-order valence-electron chi connectivity index (χ2n) is 16.3. The van der Waals surface area contributed by atoms with E-state index >= 15 is 0 Å². The van der Waals surface area contributed by atoms with Gasteiger partial charge in [0.05, 0.1) is 0 Å². The van der Waals surface area contributed by atoms with Gasteiger partial charge in [-0.25, -0.2) is 0 Å². The third kappa shape index (κ3) is 47.5. The van der Waals surface area contributed by atoms with E-state index in [1.807, 2.05) is 0 Å². The van der Waals surface area contributed by atoms with Crippen LogP contribution in [0, 0.1) is 0 Å². The lowest BCUT2D eigenvalue weighted by molar-refractivity contribution is -0.167. The van der Waals surface area contributed by atoms with Gasteiger partial charge < -0.3 is 14.2 Å². The van der Waals surface area contributed by atoms with Gasteiger partial charge in [0.2, 0.25) is 0 Å². The Morgan fingerprint density at radius 2 is 0.656 bits per heavy atom. The molecule has 61 heavy (non-hydrogen) atoms. The first-order valence-electron chi connectivity index (χ1n) is 25.1. The van der Waals surface area contributed by atoms with E-state index in [1.165, 1.54) is 77.0 Å². The maximum absolute atomic E-state index is 12.8. The van der Waals surface area contributed by atoms with Crippen LogP contribution in [0.25, 0.3) is 0 Å². The fraction of sp³-hybridized carbons (Fsp3) is 0.691. The van der Waals surface area contributed by atoms with Crippen LogP contribution in [-0.4, -0.2) is 37.2 Å². The summed E-state index contributed by atoms with van der Waals surface area (Å²) in [4.78, 5) is 37.9. The molecule has 6 heteroatoms. The summed E-state index contributed by atoms with van der Waals surface area (Å²) in [7, 11) is 0. The fourth-order valence-corrected chi connectivity index (χ4v) is 6.58. The number of carbonyl (C=O) groups is 3. The van der Waals surface area contributed by atoms with Crippen molar-refractivity contribution in [2.45, 2.75) is 232 Å². The highest BCUT2D eigenvalue weighted by molar-refractivity contribution is 5.71. The molecule has 0 amide bonds. The quantitative estimate of drug-likeness (QED) is 0.0263. The van der Waals surface area contributed by atoms with Crippen molar-refractivity contribution in [3.63, 3.8) is 0 Å². The molecule has 0 bridgehead atoms. The minimum absolute atomic E-state index is 0.102. The zero-order chi connectivity index (χ0) is 44.4. The van der Waals surface area contributed by atoms with E-state index in [-0.39, 0.29) is 37.5 Å². The second kappa shape index (κ2) is 49.2. The van der Waals surface area contributed by atoms with Crippen LogP contribution in [0.15, 0.2) is 85.1 Å². The number of hydrogen-bond donors (Lipinski definition) is 0. The molecule has 0 rings (SSSR count). The molecule has 0 spiro atoms. The lowest BCUT2D eigenvalue weighted by Gasteiger charge is -2.18. The largest absolute Gasteiger partial charge is 0.462 e. The molecular weight excluding hydrogens is 757 g/mol. The number of unbranched alkanes of at least 4 members (excludes halogenated alkanes) is 19. The van der Waals surface area contributed by atoms with Gasteiger partial charge in [0.1, 0.15) is 13.2 Å². The number of esters is 3. The van der Waals surface area contributed by atoms with E-state index in [4.69, 9.17) is 14.2 Å². The van der Waals surface area contributed by atoms with Crippen LogP contribution < -0.4 is 0 Å². The van der Waals surface area contributed by atoms with Gasteiger partial charge in [-0.05, 0) is 109 Å². The molecule has 0 radical (unpaired) electrons. The van der Waals surface area contributed by atoms with Crippen molar-refractivity contribution in [1.82, 2.24) is 0 Å². The van der Waals surface area contributed by atoms with E-state index < -0.39 is 6.10 Å². The molecule has 0 aliphatic heterocycles. The maximum atomic E-state index is 12.8. The van der Waals surface area contributed by atoms with Crippen LogP contribution in [-0.2, 0) is 28.6 Å². The van der Waals surface area contributed by atoms with Gasteiger partial charge >= 0.3 is 17.9 Å². The molecule has 0 fully saturated rings. The van der Waals surface area contributed by atoms with Crippen molar-refractivity contribution in [2.24, 2.45) is 0 Å². The number of allylic oxidation sites excluding steroid dienone is 14. The molecule has 0 aromatic rings. The third-order valence-electron chi connectivity index (χ3n) is 10.4. The monoisotopic (exact) mass is 849 g/mol. The van der Waals surface area contributed by atoms with Crippen LogP contribution in [0.3, 0.4) is 0 Å². The molecule has 6 nitrogen and oxygen atoms in total. The van der Waals surface area contributed by atoms with Gasteiger partial charge in [-0.3, -0.25) is 14.4 Å². The highest BCUT2D eigenvalue weighted by Crippen LogP contribution is 2.13. The SMILES string of the molecule is CC/C=C/C/C=C/C/C=C/C/C=C/C/C=C/CCCC(=O)OC[C@@H](COC(=O)CCCCCCC/C=C/CCCCCC)OC(=O)CCCCCCC/C=C/CCCCCC. The van der Waals surface area contributed by atoms with Crippen molar-refractivity contribution in [3.05, 3.63) is 85.1 Å². The van der Waals surface area contributed by atoms with Crippen LogP contribution in [0.2, 0.25) is 0 Å². The van der Waals surface area contributed by atoms with E-state index in [0.29, 0.717) is 19.3 Å². The lowest BCUT2D eigenvalue weighted by Crippen LogP contribution is -2.30. The zero-order valence-corrected chi connectivity index (χ0v) is 39.7.